The Morgan fingerprint density at radius 1 is 1.24 bits per heavy atom. The first-order chi connectivity index (χ1) is 7.87. The third kappa shape index (κ3) is 10.7. The highest BCUT2D eigenvalue weighted by atomic mass is 15.2. The van der Waals surface area contributed by atoms with Crippen LogP contribution in [0.3, 0.4) is 0 Å². The summed E-state index contributed by atoms with van der Waals surface area (Å²) in [6.45, 7) is 15.0. The lowest BCUT2D eigenvalue weighted by molar-refractivity contribution is 0.280. The topological polar surface area (TPSA) is 27.3 Å². The number of likely N-dealkylation sites (N-methyl/N-ethyl adjacent to an activating group) is 1. The molecule has 0 saturated carbocycles. The van der Waals surface area contributed by atoms with E-state index in [4.69, 9.17) is 0 Å². The van der Waals surface area contributed by atoms with Crippen LogP contribution in [0.25, 0.3) is 0 Å². The molecule has 0 aromatic heterocycles. The Morgan fingerprint density at radius 3 is 2.06 bits per heavy atom. The molecule has 1 aliphatic heterocycles. The van der Waals surface area contributed by atoms with Crippen molar-refractivity contribution in [3.63, 3.8) is 0 Å². The highest BCUT2D eigenvalue weighted by Gasteiger charge is 2.17. The van der Waals surface area contributed by atoms with Crippen molar-refractivity contribution in [2.24, 2.45) is 11.3 Å². The van der Waals surface area contributed by atoms with Crippen molar-refractivity contribution >= 4 is 0 Å². The van der Waals surface area contributed by atoms with Crippen LogP contribution < -0.4 is 10.6 Å². The van der Waals surface area contributed by atoms with Gasteiger partial charge in [0.15, 0.2) is 0 Å². The standard InChI is InChI=1S/C9H21N.C5H12N2/c1-8(2)6-9(3,4)7-10-5;1-7-4-2-6-3-5-7/h8,10H,6-7H2,1-5H3;6H,2-5H2,1H3. The van der Waals surface area contributed by atoms with Gasteiger partial charge in [-0.2, -0.15) is 0 Å². The minimum absolute atomic E-state index is 0.461. The summed E-state index contributed by atoms with van der Waals surface area (Å²) in [6, 6.07) is 0. The zero-order chi connectivity index (χ0) is 13.3. The molecule has 1 heterocycles. The third-order valence-corrected chi connectivity index (χ3v) is 2.96. The fourth-order valence-corrected chi connectivity index (χ4v) is 2.43. The molecule has 0 bridgehead atoms. The van der Waals surface area contributed by atoms with Crippen LogP contribution in [0.5, 0.6) is 0 Å². The Balaban J connectivity index is 0.000000318. The number of nitrogens with one attached hydrogen (secondary N) is 2. The number of hydrogen-bond acceptors (Lipinski definition) is 3. The van der Waals surface area contributed by atoms with Crippen LogP contribution in [0.2, 0.25) is 0 Å². The van der Waals surface area contributed by atoms with E-state index in [1.807, 2.05) is 7.05 Å². The second kappa shape index (κ2) is 8.90. The van der Waals surface area contributed by atoms with Crippen molar-refractivity contribution < 1.29 is 0 Å². The first-order valence-electron chi connectivity index (χ1n) is 6.91. The zero-order valence-electron chi connectivity index (χ0n) is 12.8. The van der Waals surface area contributed by atoms with E-state index in [9.17, 15) is 0 Å². The van der Waals surface area contributed by atoms with Crippen molar-refractivity contribution in [2.45, 2.75) is 34.1 Å². The molecule has 0 radical (unpaired) electrons. The fraction of sp³-hybridized carbons (Fsp3) is 1.00. The molecule has 1 rings (SSSR count). The van der Waals surface area contributed by atoms with E-state index in [1.165, 1.54) is 19.5 Å². The summed E-state index contributed by atoms with van der Waals surface area (Å²) in [5.41, 5.74) is 0.461. The minimum atomic E-state index is 0.461. The summed E-state index contributed by atoms with van der Waals surface area (Å²) >= 11 is 0. The summed E-state index contributed by atoms with van der Waals surface area (Å²) in [5, 5.41) is 6.49. The molecule has 0 atom stereocenters. The Bertz CT molecular complexity index is 172. The van der Waals surface area contributed by atoms with E-state index in [0.29, 0.717) is 5.41 Å². The molecule has 1 saturated heterocycles. The summed E-state index contributed by atoms with van der Waals surface area (Å²) in [7, 11) is 4.17. The molecule has 0 spiro atoms. The number of rotatable bonds is 4. The van der Waals surface area contributed by atoms with Gasteiger partial charge in [0.1, 0.15) is 0 Å². The zero-order valence-corrected chi connectivity index (χ0v) is 12.8. The van der Waals surface area contributed by atoms with Crippen LogP contribution in [-0.2, 0) is 0 Å². The van der Waals surface area contributed by atoms with Crippen LogP contribution in [0, 0.1) is 11.3 Å². The van der Waals surface area contributed by atoms with Gasteiger partial charge in [-0.1, -0.05) is 27.7 Å². The van der Waals surface area contributed by atoms with Gasteiger partial charge in [0.05, 0.1) is 0 Å². The van der Waals surface area contributed by atoms with Crippen molar-refractivity contribution in [3.05, 3.63) is 0 Å². The van der Waals surface area contributed by atoms with Crippen molar-refractivity contribution in [1.82, 2.24) is 15.5 Å². The van der Waals surface area contributed by atoms with E-state index in [0.717, 1.165) is 25.6 Å². The molecule has 3 nitrogen and oxygen atoms in total. The molecule has 1 fully saturated rings. The predicted molar refractivity (Wildman–Crippen MR) is 77.5 cm³/mol. The van der Waals surface area contributed by atoms with Gasteiger partial charge in [-0.3, -0.25) is 0 Å². The molecule has 17 heavy (non-hydrogen) atoms. The number of piperazine rings is 1. The Hall–Kier alpha value is -0.120. The Labute approximate surface area is 108 Å². The van der Waals surface area contributed by atoms with E-state index in [-0.39, 0.29) is 0 Å². The first-order valence-corrected chi connectivity index (χ1v) is 6.91. The fourth-order valence-electron chi connectivity index (χ4n) is 2.43. The van der Waals surface area contributed by atoms with Gasteiger partial charge in [0.2, 0.25) is 0 Å². The van der Waals surface area contributed by atoms with Gasteiger partial charge >= 0.3 is 0 Å². The minimum Gasteiger partial charge on any atom is -0.319 e. The molecular formula is C14H33N3. The van der Waals surface area contributed by atoms with E-state index in [1.54, 1.807) is 0 Å². The average molecular weight is 243 g/mol. The first kappa shape index (κ1) is 16.9. The highest BCUT2D eigenvalue weighted by molar-refractivity contribution is 4.71. The summed E-state index contributed by atoms with van der Waals surface area (Å²) in [6.07, 6.45) is 1.30. The maximum Gasteiger partial charge on any atom is 0.0104 e. The molecule has 2 N–H and O–H groups in total. The Morgan fingerprint density at radius 2 is 1.76 bits per heavy atom. The van der Waals surface area contributed by atoms with Crippen LogP contribution >= 0.6 is 0 Å². The maximum atomic E-state index is 3.27. The van der Waals surface area contributed by atoms with Crippen molar-refractivity contribution in [1.29, 1.82) is 0 Å². The van der Waals surface area contributed by atoms with Crippen molar-refractivity contribution in [3.8, 4) is 0 Å². The quantitative estimate of drug-likeness (QED) is 0.788. The third-order valence-electron chi connectivity index (χ3n) is 2.96. The van der Waals surface area contributed by atoms with Gasteiger partial charge in [-0.25, -0.2) is 0 Å². The summed E-state index contributed by atoms with van der Waals surface area (Å²) in [5.74, 6) is 0.809. The molecule has 0 aromatic carbocycles. The molecule has 3 heteroatoms. The number of nitrogens with zero attached hydrogens (tertiary/aromatic N) is 1. The molecule has 0 amide bonds. The molecule has 0 aromatic rings. The van der Waals surface area contributed by atoms with Crippen LogP contribution in [0.1, 0.15) is 34.1 Å². The maximum absolute atomic E-state index is 3.27. The molecule has 1 aliphatic rings. The van der Waals surface area contributed by atoms with E-state index >= 15 is 0 Å². The van der Waals surface area contributed by atoms with Crippen LogP contribution in [0.4, 0.5) is 0 Å². The number of hydrogen-bond donors (Lipinski definition) is 2. The molecule has 0 unspecified atom stereocenters. The molecule has 104 valence electrons. The van der Waals surface area contributed by atoms with Crippen LogP contribution in [0.15, 0.2) is 0 Å². The SMILES string of the molecule is CN1CCNCC1.CNCC(C)(C)CC(C)C. The van der Waals surface area contributed by atoms with Crippen molar-refractivity contribution in [2.75, 3.05) is 46.8 Å². The summed E-state index contributed by atoms with van der Waals surface area (Å²) < 4.78 is 0. The van der Waals surface area contributed by atoms with Gasteiger partial charge in [0.25, 0.3) is 0 Å². The summed E-state index contributed by atoms with van der Waals surface area (Å²) in [4.78, 5) is 2.33. The molecule has 0 aliphatic carbocycles. The van der Waals surface area contributed by atoms with E-state index in [2.05, 4.69) is 50.3 Å². The van der Waals surface area contributed by atoms with E-state index < -0.39 is 0 Å². The smallest absolute Gasteiger partial charge is 0.0104 e. The van der Waals surface area contributed by atoms with Gasteiger partial charge in [0, 0.05) is 26.2 Å². The lowest BCUT2D eigenvalue weighted by Crippen LogP contribution is -2.40. The largest absolute Gasteiger partial charge is 0.319 e. The van der Waals surface area contributed by atoms with Crippen LogP contribution in [-0.4, -0.2) is 51.7 Å². The lowest BCUT2D eigenvalue weighted by atomic mass is 9.84. The normalized spacial score (nSPS) is 17.8. The van der Waals surface area contributed by atoms with Gasteiger partial charge in [-0.15, -0.1) is 0 Å². The second-order valence-corrected chi connectivity index (χ2v) is 6.35. The predicted octanol–water partition coefficient (Wildman–Crippen LogP) is 1.80. The molecular weight excluding hydrogens is 210 g/mol. The second-order valence-electron chi connectivity index (χ2n) is 6.35. The Kier molecular flexibility index (Phi) is 8.83. The average Bonchev–Trinajstić information content (AvgIpc) is 2.17. The van der Waals surface area contributed by atoms with Gasteiger partial charge in [-0.05, 0) is 38.4 Å². The monoisotopic (exact) mass is 243 g/mol. The highest BCUT2D eigenvalue weighted by Crippen LogP contribution is 2.23. The van der Waals surface area contributed by atoms with Gasteiger partial charge < -0.3 is 15.5 Å². The lowest BCUT2D eigenvalue weighted by Gasteiger charge is -2.26.